The summed E-state index contributed by atoms with van der Waals surface area (Å²) in [4.78, 5) is 8.78. The third-order valence-corrected chi connectivity index (χ3v) is 4.51. The van der Waals surface area contributed by atoms with Crippen LogP contribution in [0.2, 0.25) is 0 Å². The smallest absolute Gasteiger partial charge is 0.218 e. The van der Waals surface area contributed by atoms with E-state index in [1.807, 2.05) is 24.3 Å². The van der Waals surface area contributed by atoms with Gasteiger partial charge in [0.1, 0.15) is 6.10 Å². The lowest BCUT2D eigenvalue weighted by atomic mass is 10.2. The van der Waals surface area contributed by atoms with Gasteiger partial charge in [0.25, 0.3) is 0 Å². The number of nitrogens with one attached hydrogen (secondary N) is 1. The van der Waals surface area contributed by atoms with E-state index in [1.165, 1.54) is 12.8 Å². The first kappa shape index (κ1) is 22.1. The predicted molar refractivity (Wildman–Crippen MR) is 121 cm³/mol. The highest BCUT2D eigenvalue weighted by atomic mass is 127. The molecule has 3 rings (SSSR count). The number of nitrogens with two attached hydrogens (primary N) is 1. The highest BCUT2D eigenvalue weighted by Gasteiger charge is 2.18. The van der Waals surface area contributed by atoms with Gasteiger partial charge in [0.2, 0.25) is 5.88 Å². The summed E-state index contributed by atoms with van der Waals surface area (Å²) in [5.74, 6) is 2.22. The fourth-order valence-corrected chi connectivity index (χ4v) is 3.09. The Bertz CT molecular complexity index is 795. The normalized spacial score (nSPS) is 14.3. The van der Waals surface area contributed by atoms with Crippen molar-refractivity contribution in [2.75, 3.05) is 19.5 Å². The molecule has 1 fully saturated rings. The molecule has 0 radical (unpaired) electrons. The SMILES string of the molecule is COc1ccc(NC(N)=NCc2cccnc2OC2CCCC2)cc1OC.I. The number of ether oxygens (including phenoxy) is 3. The Balaban J connectivity index is 0.00000280. The van der Waals surface area contributed by atoms with Gasteiger partial charge in [-0.05, 0) is 43.9 Å². The minimum absolute atomic E-state index is 0. The molecule has 1 heterocycles. The van der Waals surface area contributed by atoms with Crippen molar-refractivity contribution in [3.8, 4) is 17.4 Å². The first-order chi connectivity index (χ1) is 13.2. The monoisotopic (exact) mass is 498 g/mol. The van der Waals surface area contributed by atoms with E-state index in [0.29, 0.717) is 29.9 Å². The highest BCUT2D eigenvalue weighted by molar-refractivity contribution is 14.0. The maximum Gasteiger partial charge on any atom is 0.218 e. The van der Waals surface area contributed by atoms with Gasteiger partial charge >= 0.3 is 0 Å². The number of pyridine rings is 1. The van der Waals surface area contributed by atoms with Crippen LogP contribution in [0.3, 0.4) is 0 Å². The van der Waals surface area contributed by atoms with Gasteiger partial charge in [0.15, 0.2) is 17.5 Å². The van der Waals surface area contributed by atoms with Crippen LogP contribution in [0.15, 0.2) is 41.5 Å². The number of anilines is 1. The number of hydrogen-bond donors (Lipinski definition) is 2. The maximum absolute atomic E-state index is 6.04. The number of aliphatic imine (C=N–C) groups is 1. The minimum atomic E-state index is 0. The summed E-state index contributed by atoms with van der Waals surface area (Å²) in [5.41, 5.74) is 7.72. The molecular formula is C20H27IN4O3. The van der Waals surface area contributed by atoms with Crippen molar-refractivity contribution in [2.24, 2.45) is 10.7 Å². The number of benzene rings is 1. The zero-order chi connectivity index (χ0) is 19.1. The average Bonchev–Trinajstić information content (AvgIpc) is 3.20. The largest absolute Gasteiger partial charge is 0.493 e. The van der Waals surface area contributed by atoms with Crippen molar-refractivity contribution in [3.05, 3.63) is 42.1 Å². The van der Waals surface area contributed by atoms with Crippen LogP contribution in [0, 0.1) is 0 Å². The Morgan fingerprint density at radius 2 is 1.93 bits per heavy atom. The van der Waals surface area contributed by atoms with Crippen LogP contribution in [0.25, 0.3) is 0 Å². The van der Waals surface area contributed by atoms with E-state index in [9.17, 15) is 0 Å². The van der Waals surface area contributed by atoms with Crippen LogP contribution in [-0.2, 0) is 6.54 Å². The molecule has 1 saturated carbocycles. The number of guanidine groups is 1. The van der Waals surface area contributed by atoms with E-state index in [4.69, 9.17) is 19.9 Å². The molecule has 28 heavy (non-hydrogen) atoms. The molecule has 1 aliphatic carbocycles. The summed E-state index contributed by atoms with van der Waals surface area (Å²) in [6.45, 7) is 0.391. The van der Waals surface area contributed by atoms with Gasteiger partial charge in [-0.2, -0.15) is 0 Å². The van der Waals surface area contributed by atoms with E-state index in [-0.39, 0.29) is 30.1 Å². The molecule has 3 N–H and O–H groups in total. The van der Waals surface area contributed by atoms with Crippen molar-refractivity contribution in [1.82, 2.24) is 4.98 Å². The van der Waals surface area contributed by atoms with Crippen molar-refractivity contribution in [2.45, 2.75) is 38.3 Å². The average molecular weight is 498 g/mol. The minimum Gasteiger partial charge on any atom is -0.493 e. The molecule has 0 spiro atoms. The van der Waals surface area contributed by atoms with E-state index < -0.39 is 0 Å². The van der Waals surface area contributed by atoms with Gasteiger partial charge in [0.05, 0.1) is 20.8 Å². The molecule has 7 nitrogen and oxygen atoms in total. The zero-order valence-electron chi connectivity index (χ0n) is 16.2. The molecule has 0 bridgehead atoms. The molecule has 0 aliphatic heterocycles. The van der Waals surface area contributed by atoms with Crippen molar-refractivity contribution < 1.29 is 14.2 Å². The van der Waals surface area contributed by atoms with Crippen LogP contribution in [0.1, 0.15) is 31.2 Å². The third kappa shape index (κ3) is 5.88. The molecule has 0 unspecified atom stereocenters. The summed E-state index contributed by atoms with van der Waals surface area (Å²) >= 11 is 0. The molecule has 1 aromatic carbocycles. The number of rotatable bonds is 7. The summed E-state index contributed by atoms with van der Waals surface area (Å²) < 4.78 is 16.6. The maximum atomic E-state index is 6.04. The number of halogens is 1. The molecule has 1 aromatic heterocycles. The highest BCUT2D eigenvalue weighted by Crippen LogP contribution is 2.29. The van der Waals surface area contributed by atoms with Gasteiger partial charge in [-0.3, -0.25) is 0 Å². The molecule has 0 amide bonds. The van der Waals surface area contributed by atoms with Gasteiger partial charge in [-0.25, -0.2) is 9.98 Å². The summed E-state index contributed by atoms with van der Waals surface area (Å²) in [5, 5.41) is 3.06. The van der Waals surface area contributed by atoms with Crippen LogP contribution in [-0.4, -0.2) is 31.3 Å². The van der Waals surface area contributed by atoms with Crippen LogP contribution >= 0.6 is 24.0 Å². The topological polar surface area (TPSA) is 91.0 Å². The first-order valence-electron chi connectivity index (χ1n) is 9.09. The van der Waals surface area contributed by atoms with Gasteiger partial charge in [0, 0.05) is 23.5 Å². The lowest BCUT2D eigenvalue weighted by Gasteiger charge is -2.14. The van der Waals surface area contributed by atoms with Crippen molar-refractivity contribution in [3.63, 3.8) is 0 Å². The van der Waals surface area contributed by atoms with E-state index in [1.54, 1.807) is 26.5 Å². The standard InChI is InChI=1S/C20H26N4O3.HI/c1-25-17-10-9-15(12-18(17)26-2)24-20(21)23-13-14-6-5-11-22-19(14)27-16-7-3-4-8-16;/h5-6,9-12,16H,3-4,7-8,13H2,1-2H3,(H3,21,23,24);1H. The van der Waals surface area contributed by atoms with Crippen molar-refractivity contribution >= 4 is 35.6 Å². The molecule has 0 saturated heterocycles. The number of hydrogen-bond acceptors (Lipinski definition) is 5. The molecule has 152 valence electrons. The van der Waals surface area contributed by atoms with E-state index >= 15 is 0 Å². The van der Waals surface area contributed by atoms with Crippen LogP contribution < -0.4 is 25.3 Å². The Hall–Kier alpha value is -2.23. The molecule has 2 aromatic rings. The first-order valence-corrected chi connectivity index (χ1v) is 9.09. The fourth-order valence-electron chi connectivity index (χ4n) is 3.09. The van der Waals surface area contributed by atoms with Crippen LogP contribution in [0.5, 0.6) is 17.4 Å². The molecule has 1 aliphatic rings. The number of methoxy groups -OCH3 is 2. The molecule has 8 heteroatoms. The van der Waals surface area contributed by atoms with Crippen LogP contribution in [0.4, 0.5) is 5.69 Å². The van der Waals surface area contributed by atoms with E-state index in [2.05, 4.69) is 15.3 Å². The third-order valence-electron chi connectivity index (χ3n) is 4.51. The number of aromatic nitrogens is 1. The van der Waals surface area contributed by atoms with Gasteiger partial charge < -0.3 is 25.3 Å². The zero-order valence-corrected chi connectivity index (χ0v) is 18.5. The second-order valence-corrected chi connectivity index (χ2v) is 6.39. The summed E-state index contributed by atoms with van der Waals surface area (Å²) in [6, 6.07) is 9.31. The summed E-state index contributed by atoms with van der Waals surface area (Å²) in [6.07, 6.45) is 6.60. The Morgan fingerprint density at radius 3 is 2.64 bits per heavy atom. The van der Waals surface area contributed by atoms with E-state index in [0.717, 1.165) is 24.1 Å². The van der Waals surface area contributed by atoms with Gasteiger partial charge in [-0.1, -0.05) is 6.07 Å². The van der Waals surface area contributed by atoms with Gasteiger partial charge in [-0.15, -0.1) is 24.0 Å². The summed E-state index contributed by atoms with van der Waals surface area (Å²) in [7, 11) is 3.19. The molecule has 0 atom stereocenters. The quantitative estimate of drug-likeness (QED) is 0.341. The fraction of sp³-hybridized carbons (Fsp3) is 0.400. The lowest BCUT2D eigenvalue weighted by Crippen LogP contribution is -2.22. The van der Waals surface area contributed by atoms with Crippen molar-refractivity contribution in [1.29, 1.82) is 0 Å². The predicted octanol–water partition coefficient (Wildman–Crippen LogP) is 3.97. The molecular weight excluding hydrogens is 471 g/mol. The lowest BCUT2D eigenvalue weighted by molar-refractivity contribution is 0.199. The second kappa shape index (κ2) is 10.9. The Labute approximate surface area is 182 Å². The second-order valence-electron chi connectivity index (χ2n) is 6.39. The number of nitrogens with zero attached hydrogens (tertiary/aromatic N) is 2. The Morgan fingerprint density at radius 1 is 1.18 bits per heavy atom. The Kier molecular flexibility index (Phi) is 8.62.